The van der Waals surface area contributed by atoms with Gasteiger partial charge in [0, 0.05) is 24.0 Å². The first-order valence-corrected chi connectivity index (χ1v) is 9.07. The fraction of sp³-hybridized carbons (Fsp3) is 0.304. The van der Waals surface area contributed by atoms with E-state index in [-0.39, 0.29) is 11.7 Å². The molecule has 1 aromatic heterocycles. The van der Waals surface area contributed by atoms with Gasteiger partial charge in [-0.3, -0.25) is 4.79 Å². The van der Waals surface area contributed by atoms with Crippen LogP contribution >= 0.6 is 0 Å². The third kappa shape index (κ3) is 6.32. The summed E-state index contributed by atoms with van der Waals surface area (Å²) >= 11 is 0. The van der Waals surface area contributed by atoms with Gasteiger partial charge >= 0.3 is 0 Å². The number of hydrogen-bond acceptors (Lipinski definition) is 3. The second kappa shape index (κ2) is 11.0. The van der Waals surface area contributed by atoms with Gasteiger partial charge in [0.1, 0.15) is 11.5 Å². The first-order valence-electron chi connectivity index (χ1n) is 9.07. The molecule has 0 fully saturated rings. The van der Waals surface area contributed by atoms with Crippen molar-refractivity contribution in [3.63, 3.8) is 0 Å². The second-order valence-electron chi connectivity index (χ2n) is 5.91. The van der Waals surface area contributed by atoms with Crippen LogP contribution < -0.4 is 0 Å². The van der Waals surface area contributed by atoms with Crippen molar-refractivity contribution in [1.29, 1.82) is 0 Å². The van der Waals surface area contributed by atoms with Crippen LogP contribution in [0.1, 0.15) is 40.5 Å². The highest BCUT2D eigenvalue weighted by Crippen LogP contribution is 2.32. The van der Waals surface area contributed by atoms with Gasteiger partial charge in [-0.15, -0.1) is 0 Å². The van der Waals surface area contributed by atoms with Gasteiger partial charge in [-0.25, -0.2) is 4.98 Å². The number of oxazole rings is 1. The predicted molar refractivity (Wildman–Crippen MR) is 109 cm³/mol. The summed E-state index contributed by atoms with van der Waals surface area (Å²) in [6, 6.07) is 20.2. The highest BCUT2D eigenvalue weighted by Gasteiger charge is 2.14. The van der Waals surface area contributed by atoms with E-state index in [0.717, 1.165) is 22.6 Å². The van der Waals surface area contributed by atoms with Crippen molar-refractivity contribution in [2.45, 2.75) is 41.5 Å². The maximum Gasteiger partial charge on any atom is 0.192 e. The number of aromatic nitrogens is 1. The van der Waals surface area contributed by atoms with E-state index in [1.807, 2.05) is 95.3 Å². The Balaban J connectivity index is 0.000000363. The zero-order valence-corrected chi connectivity index (χ0v) is 16.6. The zero-order chi connectivity index (χ0) is 19.5. The Morgan fingerprint density at radius 3 is 1.73 bits per heavy atom. The van der Waals surface area contributed by atoms with Gasteiger partial charge in [-0.2, -0.15) is 0 Å². The third-order valence-electron chi connectivity index (χ3n) is 3.63. The minimum atomic E-state index is 0.213. The summed E-state index contributed by atoms with van der Waals surface area (Å²) < 4.78 is 5.74. The molecule has 3 nitrogen and oxygen atoms in total. The van der Waals surface area contributed by atoms with Crippen LogP contribution in [0.2, 0.25) is 0 Å². The average Bonchev–Trinajstić information content (AvgIpc) is 3.07. The summed E-state index contributed by atoms with van der Waals surface area (Å²) in [5.74, 6) is 1.99. The van der Waals surface area contributed by atoms with Crippen LogP contribution in [0, 0.1) is 12.8 Å². The summed E-state index contributed by atoms with van der Waals surface area (Å²) in [7, 11) is 0. The molecule has 1 heterocycles. The van der Waals surface area contributed by atoms with Crippen LogP contribution in [0.15, 0.2) is 65.1 Å². The molecule has 3 aromatic rings. The third-order valence-corrected chi connectivity index (χ3v) is 3.63. The molecule has 0 aliphatic heterocycles. The average molecular weight is 351 g/mol. The maximum atomic E-state index is 10.1. The van der Waals surface area contributed by atoms with E-state index in [0.29, 0.717) is 5.89 Å². The number of aryl methyl sites for hydroxylation is 1. The molecule has 0 unspecified atom stereocenters. The van der Waals surface area contributed by atoms with E-state index in [1.54, 1.807) is 6.92 Å². The highest BCUT2D eigenvalue weighted by molar-refractivity contribution is 5.77. The SMILES string of the molecule is CC.CC(=O)C(C)C.Cc1nc(-c2ccccc2)c(-c2ccccc2)o1. The minimum Gasteiger partial charge on any atom is -0.440 e. The first-order chi connectivity index (χ1) is 12.5. The lowest BCUT2D eigenvalue weighted by Gasteiger charge is -2.00. The Hall–Kier alpha value is -2.68. The molecule has 26 heavy (non-hydrogen) atoms. The van der Waals surface area contributed by atoms with Gasteiger partial charge in [0.05, 0.1) is 0 Å². The molecule has 0 spiro atoms. The van der Waals surface area contributed by atoms with Gasteiger partial charge in [-0.05, 0) is 6.92 Å². The van der Waals surface area contributed by atoms with E-state index >= 15 is 0 Å². The number of benzene rings is 2. The van der Waals surface area contributed by atoms with Crippen LogP contribution in [0.5, 0.6) is 0 Å². The quantitative estimate of drug-likeness (QED) is 0.535. The topological polar surface area (TPSA) is 43.1 Å². The molecule has 0 bridgehead atoms. The van der Waals surface area contributed by atoms with E-state index in [2.05, 4.69) is 4.98 Å². The van der Waals surface area contributed by atoms with Crippen LogP contribution in [-0.2, 0) is 4.79 Å². The molecular weight excluding hydrogens is 322 g/mol. The Bertz CT molecular complexity index is 717. The van der Waals surface area contributed by atoms with Gasteiger partial charge in [-0.1, -0.05) is 88.4 Å². The molecule has 3 rings (SSSR count). The lowest BCUT2D eigenvalue weighted by molar-refractivity contribution is -0.119. The Kier molecular flexibility index (Phi) is 9.07. The van der Waals surface area contributed by atoms with Crippen LogP contribution in [0.25, 0.3) is 22.6 Å². The number of ketones is 1. The van der Waals surface area contributed by atoms with Crippen molar-refractivity contribution in [2.24, 2.45) is 5.92 Å². The maximum absolute atomic E-state index is 10.1. The molecule has 3 heteroatoms. The predicted octanol–water partition coefficient (Wildman–Crippen LogP) is 6.57. The van der Waals surface area contributed by atoms with Gasteiger partial charge < -0.3 is 4.42 Å². The summed E-state index contributed by atoms with van der Waals surface area (Å²) in [6.45, 7) is 11.3. The molecule has 0 N–H and O–H groups in total. The fourth-order valence-corrected chi connectivity index (χ4v) is 2.00. The molecule has 0 aliphatic rings. The fourth-order valence-electron chi connectivity index (χ4n) is 2.00. The molecule has 0 atom stereocenters. The highest BCUT2D eigenvalue weighted by atomic mass is 16.4. The van der Waals surface area contributed by atoms with Crippen molar-refractivity contribution < 1.29 is 9.21 Å². The standard InChI is InChI=1S/C16H13NO.C5H10O.C2H6/c1-12-17-15(13-8-4-2-5-9-13)16(18-12)14-10-6-3-7-11-14;1-4(2)5(3)6;1-2/h2-11H,1H3;4H,1-3H3;1-2H3. The molecule has 0 saturated carbocycles. The van der Waals surface area contributed by atoms with Gasteiger partial charge in [0.25, 0.3) is 0 Å². The monoisotopic (exact) mass is 351 g/mol. The lowest BCUT2D eigenvalue weighted by atomic mass is 10.1. The molecule has 0 radical (unpaired) electrons. The minimum absolute atomic E-state index is 0.213. The van der Waals surface area contributed by atoms with Crippen LogP contribution in [0.3, 0.4) is 0 Å². The molecule has 0 aliphatic carbocycles. The van der Waals surface area contributed by atoms with Crippen molar-refractivity contribution in [1.82, 2.24) is 4.98 Å². The number of carbonyl (C=O) groups is 1. The van der Waals surface area contributed by atoms with Gasteiger partial charge in [0.15, 0.2) is 11.7 Å². The number of hydrogen-bond donors (Lipinski definition) is 0. The Morgan fingerprint density at radius 2 is 1.31 bits per heavy atom. The summed E-state index contributed by atoms with van der Waals surface area (Å²) in [4.78, 5) is 14.6. The van der Waals surface area contributed by atoms with Gasteiger partial charge in [0.2, 0.25) is 0 Å². The molecular formula is C23H29NO2. The normalized spacial score (nSPS) is 9.65. The van der Waals surface area contributed by atoms with Crippen molar-refractivity contribution >= 4 is 5.78 Å². The number of carbonyl (C=O) groups excluding carboxylic acids is 1. The Labute approximate surface area is 157 Å². The number of nitrogens with zero attached hydrogens (tertiary/aromatic N) is 1. The first kappa shape index (κ1) is 21.4. The molecule has 0 amide bonds. The van der Waals surface area contributed by atoms with E-state index < -0.39 is 0 Å². The zero-order valence-electron chi connectivity index (χ0n) is 16.6. The summed E-state index contributed by atoms with van der Waals surface area (Å²) in [5.41, 5.74) is 3.03. The van der Waals surface area contributed by atoms with Crippen LogP contribution in [0.4, 0.5) is 0 Å². The molecule has 138 valence electrons. The molecule has 2 aromatic carbocycles. The Morgan fingerprint density at radius 1 is 0.885 bits per heavy atom. The van der Waals surface area contributed by atoms with Crippen molar-refractivity contribution in [3.8, 4) is 22.6 Å². The molecule has 0 saturated heterocycles. The van der Waals surface area contributed by atoms with Crippen molar-refractivity contribution in [3.05, 3.63) is 66.6 Å². The largest absolute Gasteiger partial charge is 0.440 e. The number of Topliss-reactive ketones (excluding diaryl/α,β-unsaturated/α-hetero) is 1. The van der Waals surface area contributed by atoms with E-state index in [4.69, 9.17) is 4.42 Å². The van der Waals surface area contributed by atoms with Crippen molar-refractivity contribution in [2.75, 3.05) is 0 Å². The summed E-state index contributed by atoms with van der Waals surface area (Å²) in [5, 5.41) is 0. The van der Waals surface area contributed by atoms with E-state index in [1.165, 1.54) is 0 Å². The summed E-state index contributed by atoms with van der Waals surface area (Å²) in [6.07, 6.45) is 0. The second-order valence-corrected chi connectivity index (χ2v) is 5.91. The smallest absolute Gasteiger partial charge is 0.192 e. The lowest BCUT2D eigenvalue weighted by Crippen LogP contribution is -1.98. The van der Waals surface area contributed by atoms with E-state index in [9.17, 15) is 4.79 Å². The number of rotatable bonds is 3. The van der Waals surface area contributed by atoms with Crippen LogP contribution in [-0.4, -0.2) is 10.8 Å².